The number of H-pyrrole nitrogens is 1. The Balaban J connectivity index is 1.26. The molecule has 182 valence electrons. The van der Waals surface area contributed by atoms with Gasteiger partial charge in [0.05, 0.1) is 17.3 Å². The number of fused-ring (bicyclic) bond motifs is 1. The highest BCUT2D eigenvalue weighted by molar-refractivity contribution is 7.18. The van der Waals surface area contributed by atoms with Gasteiger partial charge in [0, 0.05) is 43.3 Å². The lowest BCUT2D eigenvalue weighted by Gasteiger charge is -2.32. The second kappa shape index (κ2) is 10.1. The first-order chi connectivity index (χ1) is 17.0. The first kappa shape index (κ1) is 23.4. The van der Waals surface area contributed by atoms with Crippen LogP contribution < -0.4 is 10.6 Å². The van der Waals surface area contributed by atoms with E-state index in [1.807, 2.05) is 12.1 Å². The summed E-state index contributed by atoms with van der Waals surface area (Å²) < 4.78 is 0. The zero-order valence-electron chi connectivity index (χ0n) is 20.2. The third-order valence-electron chi connectivity index (χ3n) is 6.25. The van der Waals surface area contributed by atoms with E-state index in [2.05, 4.69) is 79.7 Å². The molecule has 3 aromatic heterocycles. The molecule has 0 atom stereocenters. The molecule has 0 radical (unpaired) electrons. The number of anilines is 3. The van der Waals surface area contributed by atoms with Crippen LogP contribution >= 0.6 is 11.3 Å². The van der Waals surface area contributed by atoms with Crippen LogP contribution in [-0.4, -0.2) is 69.1 Å². The fourth-order valence-electron chi connectivity index (χ4n) is 4.09. The van der Waals surface area contributed by atoms with Crippen LogP contribution in [0.15, 0.2) is 42.9 Å². The number of aromatic nitrogens is 4. The van der Waals surface area contributed by atoms with Crippen molar-refractivity contribution in [2.24, 2.45) is 0 Å². The molecule has 1 amide bonds. The smallest absolute Gasteiger partial charge is 0.275 e. The summed E-state index contributed by atoms with van der Waals surface area (Å²) in [6.07, 6.45) is 3.13. The number of aromatic amines is 1. The average Bonchev–Trinajstić information content (AvgIpc) is 3.50. The quantitative estimate of drug-likeness (QED) is 0.355. The maximum Gasteiger partial charge on any atom is 0.275 e. The lowest BCUT2D eigenvalue weighted by Crippen LogP contribution is -2.43. The SMILES string of the molecule is CC(C)c1cc2c(Nc3cn[nH]c3C(=O)Nc3ccc(CN4CCN(C)CC4)cc3)ncnc2s1. The second-order valence-corrected chi connectivity index (χ2v) is 10.3. The van der Waals surface area contributed by atoms with E-state index < -0.39 is 0 Å². The summed E-state index contributed by atoms with van der Waals surface area (Å²) in [6.45, 7) is 9.58. The third kappa shape index (κ3) is 5.34. The van der Waals surface area contributed by atoms with Crippen LogP contribution in [0.3, 0.4) is 0 Å². The Morgan fingerprint density at radius 3 is 2.66 bits per heavy atom. The predicted octanol–water partition coefficient (Wildman–Crippen LogP) is 4.28. The Bertz CT molecular complexity index is 1300. The monoisotopic (exact) mass is 490 g/mol. The van der Waals surface area contributed by atoms with E-state index >= 15 is 0 Å². The maximum atomic E-state index is 13.0. The molecule has 0 saturated carbocycles. The van der Waals surface area contributed by atoms with Crippen LogP contribution in [0.1, 0.15) is 40.7 Å². The highest BCUT2D eigenvalue weighted by atomic mass is 32.1. The van der Waals surface area contributed by atoms with E-state index in [0.29, 0.717) is 23.1 Å². The van der Waals surface area contributed by atoms with Crippen molar-refractivity contribution in [1.82, 2.24) is 30.0 Å². The molecule has 4 aromatic rings. The Hall–Kier alpha value is -3.34. The largest absolute Gasteiger partial charge is 0.336 e. The molecule has 1 aromatic carbocycles. The number of nitrogens with zero attached hydrogens (tertiary/aromatic N) is 5. The van der Waals surface area contributed by atoms with Crippen molar-refractivity contribution in [3.8, 4) is 0 Å². The molecule has 1 aliphatic rings. The molecule has 3 N–H and O–H groups in total. The zero-order valence-corrected chi connectivity index (χ0v) is 21.0. The number of thiophene rings is 1. The normalized spacial score (nSPS) is 15.1. The van der Waals surface area contributed by atoms with Gasteiger partial charge in [0.15, 0.2) is 0 Å². The van der Waals surface area contributed by atoms with Crippen molar-refractivity contribution in [1.29, 1.82) is 0 Å². The molecule has 5 rings (SSSR count). The molecular formula is C25H30N8OS. The van der Waals surface area contributed by atoms with Gasteiger partial charge in [-0.3, -0.25) is 14.8 Å². The summed E-state index contributed by atoms with van der Waals surface area (Å²) in [5.74, 6) is 0.794. The molecule has 1 fully saturated rings. The highest BCUT2D eigenvalue weighted by Gasteiger charge is 2.18. The number of benzene rings is 1. The molecule has 0 aliphatic carbocycles. The van der Waals surface area contributed by atoms with Crippen molar-refractivity contribution in [2.75, 3.05) is 43.9 Å². The van der Waals surface area contributed by atoms with Crippen molar-refractivity contribution in [3.05, 3.63) is 59.0 Å². The first-order valence-corrected chi connectivity index (χ1v) is 12.6. The Morgan fingerprint density at radius 2 is 1.91 bits per heavy atom. The van der Waals surface area contributed by atoms with Crippen LogP contribution in [0.4, 0.5) is 17.2 Å². The fourth-order valence-corrected chi connectivity index (χ4v) is 5.09. The predicted molar refractivity (Wildman–Crippen MR) is 141 cm³/mol. The van der Waals surface area contributed by atoms with Gasteiger partial charge in [-0.05, 0) is 36.7 Å². The Labute approximate surface area is 208 Å². The summed E-state index contributed by atoms with van der Waals surface area (Å²) in [4.78, 5) is 28.8. The molecule has 1 aliphatic heterocycles. The van der Waals surface area contributed by atoms with E-state index in [4.69, 9.17) is 0 Å². The van der Waals surface area contributed by atoms with Crippen LogP contribution in [-0.2, 0) is 6.54 Å². The minimum Gasteiger partial charge on any atom is -0.336 e. The van der Waals surface area contributed by atoms with Crippen molar-refractivity contribution < 1.29 is 4.79 Å². The molecule has 0 spiro atoms. The Morgan fingerprint density at radius 1 is 1.14 bits per heavy atom. The molecule has 0 unspecified atom stereocenters. The van der Waals surface area contributed by atoms with E-state index in [1.54, 1.807) is 17.5 Å². The van der Waals surface area contributed by atoms with Crippen LogP contribution in [0.25, 0.3) is 10.2 Å². The number of carbonyl (C=O) groups excluding carboxylic acids is 1. The highest BCUT2D eigenvalue weighted by Crippen LogP contribution is 2.33. The van der Waals surface area contributed by atoms with Gasteiger partial charge >= 0.3 is 0 Å². The van der Waals surface area contributed by atoms with Gasteiger partial charge in [-0.25, -0.2) is 9.97 Å². The third-order valence-corrected chi connectivity index (χ3v) is 7.59. The van der Waals surface area contributed by atoms with Crippen LogP contribution in [0.5, 0.6) is 0 Å². The number of amides is 1. The van der Waals surface area contributed by atoms with Gasteiger partial charge < -0.3 is 15.5 Å². The van der Waals surface area contributed by atoms with Gasteiger partial charge in [-0.2, -0.15) is 5.10 Å². The number of hydrogen-bond acceptors (Lipinski definition) is 8. The van der Waals surface area contributed by atoms with Crippen molar-refractivity contribution >= 4 is 44.7 Å². The average molecular weight is 491 g/mol. The maximum absolute atomic E-state index is 13.0. The van der Waals surface area contributed by atoms with Crippen molar-refractivity contribution in [3.63, 3.8) is 0 Å². The molecule has 9 nitrogen and oxygen atoms in total. The fraction of sp³-hybridized carbons (Fsp3) is 0.360. The van der Waals surface area contributed by atoms with E-state index in [-0.39, 0.29) is 5.91 Å². The number of likely N-dealkylation sites (N-methyl/N-ethyl adjacent to an activating group) is 1. The Kier molecular flexibility index (Phi) is 6.76. The summed E-state index contributed by atoms with van der Waals surface area (Å²) in [7, 11) is 2.16. The van der Waals surface area contributed by atoms with Gasteiger partial charge in [-0.1, -0.05) is 26.0 Å². The molecular weight excluding hydrogens is 460 g/mol. The van der Waals surface area contributed by atoms with E-state index in [9.17, 15) is 4.79 Å². The number of rotatable bonds is 7. The van der Waals surface area contributed by atoms with Crippen LogP contribution in [0, 0.1) is 0 Å². The van der Waals surface area contributed by atoms with Gasteiger partial charge in [0.1, 0.15) is 22.7 Å². The van der Waals surface area contributed by atoms with Crippen LogP contribution in [0.2, 0.25) is 0 Å². The lowest BCUT2D eigenvalue weighted by atomic mass is 10.1. The molecule has 35 heavy (non-hydrogen) atoms. The summed E-state index contributed by atoms with van der Waals surface area (Å²) in [5, 5.41) is 14.1. The van der Waals surface area contributed by atoms with Gasteiger partial charge in [0.25, 0.3) is 5.91 Å². The number of hydrogen-bond donors (Lipinski definition) is 3. The summed E-state index contributed by atoms with van der Waals surface area (Å²) in [5.41, 5.74) is 2.88. The minimum atomic E-state index is -0.268. The standard InChI is InChI=1S/C25H30N8OS/c1-16(2)21-12-19-23(26-15-27-25(19)35-21)30-20-13-28-31-22(20)24(34)29-18-6-4-17(5-7-18)14-33-10-8-32(3)9-11-33/h4-7,12-13,15-16H,8-11,14H2,1-3H3,(H,28,31)(H,29,34)(H,26,27,30). The first-order valence-electron chi connectivity index (χ1n) is 11.8. The topological polar surface area (TPSA) is 102 Å². The molecule has 4 heterocycles. The minimum absolute atomic E-state index is 0.268. The number of carbonyl (C=O) groups is 1. The zero-order chi connectivity index (χ0) is 24.4. The summed E-state index contributed by atoms with van der Waals surface area (Å²) >= 11 is 1.66. The molecule has 1 saturated heterocycles. The van der Waals surface area contributed by atoms with E-state index in [1.165, 1.54) is 16.8 Å². The van der Waals surface area contributed by atoms with Crippen molar-refractivity contribution in [2.45, 2.75) is 26.3 Å². The van der Waals surface area contributed by atoms with E-state index in [0.717, 1.165) is 48.6 Å². The number of piperazine rings is 1. The van der Waals surface area contributed by atoms with Gasteiger partial charge in [-0.15, -0.1) is 11.3 Å². The number of nitrogens with one attached hydrogen (secondary N) is 3. The molecule has 0 bridgehead atoms. The summed E-state index contributed by atoms with van der Waals surface area (Å²) in [6, 6.07) is 10.1. The second-order valence-electron chi connectivity index (χ2n) is 9.26. The lowest BCUT2D eigenvalue weighted by molar-refractivity contribution is 0.102. The molecule has 10 heteroatoms. The van der Waals surface area contributed by atoms with Gasteiger partial charge in [0.2, 0.25) is 0 Å².